The summed E-state index contributed by atoms with van der Waals surface area (Å²) in [5.74, 6) is -0.265. The third-order valence-corrected chi connectivity index (χ3v) is 3.34. The fourth-order valence-corrected chi connectivity index (χ4v) is 2.27. The number of nitrogen functional groups attached to an aromatic ring is 1. The lowest BCUT2D eigenvalue weighted by Gasteiger charge is -2.13. The maximum atomic E-state index is 11.6. The van der Waals surface area contributed by atoms with Crippen LogP contribution in [0.1, 0.15) is 13.3 Å². The molecule has 0 aromatic heterocycles. The van der Waals surface area contributed by atoms with E-state index in [2.05, 4.69) is 5.10 Å². The number of amides is 1. The second-order valence-corrected chi connectivity index (χ2v) is 5.30. The number of anilines is 2. The SMILES string of the molecule is CC1=NN(c2ccc(N)c(S(=O)(=O)O)c2)C(=O)C1. The molecule has 0 radical (unpaired) electrons. The molecule has 7 nitrogen and oxygen atoms in total. The number of benzene rings is 1. The van der Waals surface area contributed by atoms with Gasteiger partial charge in [0.15, 0.2) is 0 Å². The maximum Gasteiger partial charge on any atom is 0.296 e. The molecule has 8 heteroatoms. The van der Waals surface area contributed by atoms with Crippen molar-refractivity contribution in [3.63, 3.8) is 0 Å². The maximum absolute atomic E-state index is 11.6. The van der Waals surface area contributed by atoms with E-state index in [9.17, 15) is 13.2 Å². The minimum absolute atomic E-state index is 0.0893. The summed E-state index contributed by atoms with van der Waals surface area (Å²) in [5, 5.41) is 5.06. The van der Waals surface area contributed by atoms with Crippen LogP contribution in [0.5, 0.6) is 0 Å². The van der Waals surface area contributed by atoms with E-state index in [0.29, 0.717) is 5.71 Å². The van der Waals surface area contributed by atoms with Gasteiger partial charge in [-0.05, 0) is 25.1 Å². The van der Waals surface area contributed by atoms with Crippen LogP contribution < -0.4 is 10.7 Å². The summed E-state index contributed by atoms with van der Waals surface area (Å²) in [5.41, 5.74) is 6.25. The van der Waals surface area contributed by atoms with Crippen LogP contribution in [-0.4, -0.2) is 24.6 Å². The zero-order valence-corrected chi connectivity index (χ0v) is 10.3. The number of nitrogens with two attached hydrogens (primary N) is 1. The highest BCUT2D eigenvalue weighted by atomic mass is 32.2. The monoisotopic (exact) mass is 269 g/mol. The van der Waals surface area contributed by atoms with Crippen molar-refractivity contribution in [2.45, 2.75) is 18.2 Å². The summed E-state index contributed by atoms with van der Waals surface area (Å²) in [6.07, 6.45) is 0.186. The Kier molecular flexibility index (Phi) is 2.83. The zero-order chi connectivity index (χ0) is 13.5. The number of nitrogens with zero attached hydrogens (tertiary/aromatic N) is 2. The fraction of sp³-hybridized carbons (Fsp3) is 0.200. The van der Waals surface area contributed by atoms with Crippen molar-refractivity contribution in [2.75, 3.05) is 10.7 Å². The summed E-state index contributed by atoms with van der Waals surface area (Å²) >= 11 is 0. The third-order valence-electron chi connectivity index (χ3n) is 2.43. The average molecular weight is 269 g/mol. The van der Waals surface area contributed by atoms with Crippen LogP contribution in [0, 0.1) is 0 Å². The van der Waals surface area contributed by atoms with Crippen LogP contribution in [0.25, 0.3) is 0 Å². The van der Waals surface area contributed by atoms with Crippen molar-refractivity contribution in [1.82, 2.24) is 0 Å². The molecule has 1 heterocycles. The highest BCUT2D eigenvalue weighted by Crippen LogP contribution is 2.27. The number of rotatable bonds is 2. The second kappa shape index (κ2) is 4.07. The van der Waals surface area contributed by atoms with Crippen molar-refractivity contribution in [3.8, 4) is 0 Å². The minimum atomic E-state index is -4.43. The molecule has 2 rings (SSSR count). The number of hydrogen-bond acceptors (Lipinski definition) is 5. The molecule has 0 saturated heterocycles. The van der Waals surface area contributed by atoms with E-state index in [1.54, 1.807) is 6.92 Å². The molecule has 1 amide bonds. The minimum Gasteiger partial charge on any atom is -0.398 e. The molecule has 0 bridgehead atoms. The van der Waals surface area contributed by atoms with Gasteiger partial charge < -0.3 is 5.73 Å². The predicted octanol–water partition coefficient (Wildman–Crippen LogP) is 0.628. The van der Waals surface area contributed by atoms with Gasteiger partial charge in [-0.3, -0.25) is 9.35 Å². The van der Waals surface area contributed by atoms with Crippen molar-refractivity contribution in [3.05, 3.63) is 18.2 Å². The lowest BCUT2D eigenvalue weighted by molar-refractivity contribution is -0.116. The number of hydrazone groups is 1. The van der Waals surface area contributed by atoms with Gasteiger partial charge in [0.2, 0.25) is 0 Å². The van der Waals surface area contributed by atoms with Gasteiger partial charge in [0.05, 0.1) is 17.8 Å². The van der Waals surface area contributed by atoms with E-state index < -0.39 is 15.0 Å². The van der Waals surface area contributed by atoms with Gasteiger partial charge in [0.1, 0.15) is 4.90 Å². The first-order valence-electron chi connectivity index (χ1n) is 5.03. The number of hydrogen-bond donors (Lipinski definition) is 2. The van der Waals surface area contributed by atoms with Crippen LogP contribution in [0.3, 0.4) is 0 Å². The van der Waals surface area contributed by atoms with Gasteiger partial charge in [-0.1, -0.05) is 0 Å². The summed E-state index contributed by atoms with van der Waals surface area (Å²) < 4.78 is 31.2. The Hall–Kier alpha value is -1.93. The summed E-state index contributed by atoms with van der Waals surface area (Å²) in [6, 6.07) is 3.88. The molecular weight excluding hydrogens is 258 g/mol. The molecule has 1 aliphatic rings. The molecule has 0 atom stereocenters. The molecule has 0 saturated carbocycles. The largest absolute Gasteiger partial charge is 0.398 e. The smallest absolute Gasteiger partial charge is 0.296 e. The zero-order valence-electron chi connectivity index (χ0n) is 9.49. The Morgan fingerprint density at radius 1 is 1.44 bits per heavy atom. The molecule has 18 heavy (non-hydrogen) atoms. The predicted molar refractivity (Wildman–Crippen MR) is 65.9 cm³/mol. The molecule has 1 aromatic carbocycles. The van der Waals surface area contributed by atoms with E-state index in [-0.39, 0.29) is 23.7 Å². The standard InChI is InChI=1S/C10H11N3O4S/c1-6-4-10(14)13(12-6)7-2-3-8(11)9(5-7)18(15,16)17/h2-3,5H,4,11H2,1H3,(H,15,16,17). The van der Waals surface area contributed by atoms with Gasteiger partial charge in [-0.2, -0.15) is 13.5 Å². The van der Waals surface area contributed by atoms with Crippen molar-refractivity contribution in [2.24, 2.45) is 5.10 Å². The van der Waals surface area contributed by atoms with E-state index in [4.69, 9.17) is 10.3 Å². The van der Waals surface area contributed by atoms with Gasteiger partial charge in [0, 0.05) is 5.71 Å². The van der Waals surface area contributed by atoms with E-state index >= 15 is 0 Å². The lowest BCUT2D eigenvalue weighted by atomic mass is 10.2. The van der Waals surface area contributed by atoms with Crippen LogP contribution in [-0.2, 0) is 14.9 Å². The first-order valence-corrected chi connectivity index (χ1v) is 6.47. The van der Waals surface area contributed by atoms with E-state index in [1.165, 1.54) is 12.1 Å². The highest BCUT2D eigenvalue weighted by molar-refractivity contribution is 7.86. The van der Waals surface area contributed by atoms with Gasteiger partial charge in [-0.15, -0.1) is 0 Å². The molecule has 3 N–H and O–H groups in total. The van der Waals surface area contributed by atoms with Crippen molar-refractivity contribution < 1.29 is 17.8 Å². The van der Waals surface area contributed by atoms with Crippen LogP contribution in [0.2, 0.25) is 0 Å². The number of carbonyl (C=O) groups is 1. The summed E-state index contributed by atoms with van der Waals surface area (Å²) in [6.45, 7) is 1.69. The number of carbonyl (C=O) groups excluding carboxylic acids is 1. The Morgan fingerprint density at radius 2 is 2.11 bits per heavy atom. The molecule has 0 spiro atoms. The van der Waals surface area contributed by atoms with E-state index in [1.807, 2.05) is 0 Å². The van der Waals surface area contributed by atoms with Crippen LogP contribution >= 0.6 is 0 Å². The Bertz CT molecular complexity index is 651. The van der Waals surface area contributed by atoms with Gasteiger partial charge >= 0.3 is 0 Å². The van der Waals surface area contributed by atoms with Gasteiger partial charge in [-0.25, -0.2) is 5.01 Å². The molecule has 1 aromatic rings. The molecule has 1 aliphatic heterocycles. The van der Waals surface area contributed by atoms with Crippen LogP contribution in [0.15, 0.2) is 28.2 Å². The Labute approximate surface area is 104 Å². The van der Waals surface area contributed by atoms with Crippen LogP contribution in [0.4, 0.5) is 11.4 Å². The van der Waals surface area contributed by atoms with E-state index in [0.717, 1.165) is 11.1 Å². The molecule has 0 aliphatic carbocycles. The van der Waals surface area contributed by atoms with Crippen molar-refractivity contribution in [1.29, 1.82) is 0 Å². The first-order chi connectivity index (χ1) is 8.29. The third kappa shape index (κ3) is 2.20. The molecule has 96 valence electrons. The quantitative estimate of drug-likeness (QED) is 0.603. The summed E-state index contributed by atoms with van der Waals surface area (Å²) in [4.78, 5) is 11.2. The van der Waals surface area contributed by atoms with Crippen molar-refractivity contribution >= 4 is 33.1 Å². The normalized spacial score (nSPS) is 16.0. The molecular formula is C10H11N3O4S. The topological polar surface area (TPSA) is 113 Å². The Balaban J connectivity index is 2.52. The molecule has 0 unspecified atom stereocenters. The molecule has 0 fully saturated rings. The summed E-state index contributed by atoms with van der Waals surface area (Å²) in [7, 11) is -4.43. The van der Waals surface area contributed by atoms with Gasteiger partial charge in [0.25, 0.3) is 16.0 Å². The average Bonchev–Trinajstić information content (AvgIpc) is 2.57. The Morgan fingerprint density at radius 3 is 2.61 bits per heavy atom. The first kappa shape index (κ1) is 12.5. The lowest BCUT2D eigenvalue weighted by Crippen LogP contribution is -2.20. The highest BCUT2D eigenvalue weighted by Gasteiger charge is 2.24. The fourth-order valence-electron chi connectivity index (χ4n) is 1.64. The second-order valence-electron chi connectivity index (χ2n) is 3.91.